The number of nitrogens with zero attached hydrogens (tertiary/aromatic N) is 3. The van der Waals surface area contributed by atoms with Crippen molar-refractivity contribution in [3.8, 4) is 5.75 Å². The van der Waals surface area contributed by atoms with Crippen LogP contribution >= 0.6 is 11.6 Å². The van der Waals surface area contributed by atoms with Crippen molar-refractivity contribution in [2.75, 3.05) is 31.3 Å². The Hall–Kier alpha value is -2.42. The number of carbonyl (C=O) groups is 1. The summed E-state index contributed by atoms with van der Waals surface area (Å²) in [6.07, 6.45) is 1.33. The molecule has 0 radical (unpaired) electrons. The van der Waals surface area contributed by atoms with Gasteiger partial charge in [-0.05, 0) is 37.1 Å². The third-order valence-electron chi connectivity index (χ3n) is 3.51. The van der Waals surface area contributed by atoms with Crippen LogP contribution in [0.3, 0.4) is 0 Å². The summed E-state index contributed by atoms with van der Waals surface area (Å²) in [6, 6.07) is 3.67. The largest absolute Gasteiger partial charge is 0.467 e. The number of carbonyl (C=O) groups excluding carboxylic acids is 1. The van der Waals surface area contributed by atoms with E-state index >= 15 is 0 Å². The lowest BCUT2D eigenvalue weighted by atomic mass is 10.1. The maximum atomic E-state index is 12.7. The van der Waals surface area contributed by atoms with Gasteiger partial charge in [0.1, 0.15) is 11.3 Å². The number of aromatic nitrogens is 2. The second-order valence-corrected chi connectivity index (χ2v) is 5.71. The van der Waals surface area contributed by atoms with Gasteiger partial charge in [-0.3, -0.25) is 9.80 Å². The third-order valence-corrected chi connectivity index (χ3v) is 3.69. The van der Waals surface area contributed by atoms with Gasteiger partial charge in [-0.2, -0.15) is 4.98 Å². The number of hydrazine groups is 1. The molecule has 8 nitrogen and oxygen atoms in total. The molecule has 0 atom stereocenters. The Morgan fingerprint density at radius 1 is 1.40 bits per heavy atom. The first kappa shape index (κ1) is 18.9. The molecule has 25 heavy (non-hydrogen) atoms. The molecule has 0 aliphatic rings. The van der Waals surface area contributed by atoms with Gasteiger partial charge >= 0.3 is 0 Å². The highest BCUT2D eigenvalue weighted by Crippen LogP contribution is 2.30. The lowest BCUT2D eigenvalue weighted by Gasteiger charge is -2.18. The molecule has 0 aliphatic heterocycles. The number of amides is 1. The van der Waals surface area contributed by atoms with E-state index in [1.54, 1.807) is 7.05 Å². The first-order chi connectivity index (χ1) is 11.8. The van der Waals surface area contributed by atoms with Gasteiger partial charge in [0.15, 0.2) is 12.6 Å². The molecule has 1 heterocycles. The molecule has 1 aromatic carbocycles. The molecule has 3 N–H and O–H groups in total. The van der Waals surface area contributed by atoms with Gasteiger partial charge in [0, 0.05) is 25.9 Å². The van der Waals surface area contributed by atoms with E-state index in [1.165, 1.54) is 18.3 Å². The number of rotatable bonds is 6. The first-order valence-electron chi connectivity index (χ1n) is 7.39. The van der Waals surface area contributed by atoms with E-state index in [9.17, 15) is 4.79 Å². The molecule has 0 fully saturated rings. The molecule has 2 rings (SSSR count). The van der Waals surface area contributed by atoms with Gasteiger partial charge < -0.3 is 14.8 Å². The fourth-order valence-electron chi connectivity index (χ4n) is 2.26. The van der Waals surface area contributed by atoms with Crippen LogP contribution in [0.4, 0.5) is 11.5 Å². The SMILES string of the molecule is COCOc1ccc(C)c(NC(=O)c2cnc(Cl)nc2N(C)N)c1C. The smallest absolute Gasteiger partial charge is 0.261 e. The van der Waals surface area contributed by atoms with Crippen molar-refractivity contribution in [1.82, 2.24) is 9.97 Å². The lowest BCUT2D eigenvalue weighted by molar-refractivity contribution is 0.0507. The van der Waals surface area contributed by atoms with E-state index in [1.807, 2.05) is 26.0 Å². The van der Waals surface area contributed by atoms with Crippen molar-refractivity contribution >= 4 is 29.0 Å². The highest BCUT2D eigenvalue weighted by atomic mass is 35.5. The van der Waals surface area contributed by atoms with Crippen LogP contribution in [0.2, 0.25) is 5.28 Å². The maximum absolute atomic E-state index is 12.7. The number of benzene rings is 1. The molecule has 9 heteroatoms. The zero-order valence-electron chi connectivity index (χ0n) is 14.5. The van der Waals surface area contributed by atoms with Gasteiger partial charge in [-0.15, -0.1) is 0 Å². The summed E-state index contributed by atoms with van der Waals surface area (Å²) in [5.41, 5.74) is 2.51. The molecule has 1 aromatic heterocycles. The summed E-state index contributed by atoms with van der Waals surface area (Å²) in [5, 5.41) is 4.08. The van der Waals surface area contributed by atoms with Gasteiger partial charge in [0.05, 0.1) is 5.69 Å². The van der Waals surface area contributed by atoms with Crippen LogP contribution in [0.15, 0.2) is 18.3 Å². The number of hydrogen-bond acceptors (Lipinski definition) is 7. The second-order valence-electron chi connectivity index (χ2n) is 5.37. The lowest BCUT2D eigenvalue weighted by Crippen LogP contribution is -2.29. The predicted octanol–water partition coefficient (Wildman–Crippen LogP) is 2.29. The Kier molecular flexibility index (Phi) is 6.13. The molecule has 2 aromatic rings. The van der Waals surface area contributed by atoms with Crippen molar-refractivity contribution in [3.63, 3.8) is 0 Å². The zero-order valence-corrected chi connectivity index (χ0v) is 15.2. The van der Waals surface area contributed by atoms with Gasteiger partial charge in [-0.1, -0.05) is 6.07 Å². The highest BCUT2D eigenvalue weighted by Gasteiger charge is 2.19. The fourth-order valence-corrected chi connectivity index (χ4v) is 2.39. The molecule has 134 valence electrons. The van der Waals surface area contributed by atoms with E-state index < -0.39 is 5.91 Å². The summed E-state index contributed by atoms with van der Waals surface area (Å²) in [6.45, 7) is 3.85. The molecule has 0 spiro atoms. The molecule has 1 amide bonds. The summed E-state index contributed by atoms with van der Waals surface area (Å²) in [7, 11) is 3.10. The first-order valence-corrected chi connectivity index (χ1v) is 7.77. The molecule has 0 bridgehead atoms. The normalized spacial score (nSPS) is 10.5. The standard InChI is InChI=1S/C16H20ClN5O3/c1-9-5-6-12(25-8-24-4)10(2)13(9)20-15(23)11-7-19-16(17)21-14(11)22(3)18/h5-7H,8,18H2,1-4H3,(H,20,23). The summed E-state index contributed by atoms with van der Waals surface area (Å²) in [4.78, 5) is 20.5. The van der Waals surface area contributed by atoms with Gasteiger partial charge in [-0.25, -0.2) is 10.8 Å². The average Bonchev–Trinajstić information content (AvgIpc) is 2.57. The molecular weight excluding hydrogens is 346 g/mol. The molecular formula is C16H20ClN5O3. The molecule has 0 saturated carbocycles. The topological polar surface area (TPSA) is 103 Å². The van der Waals surface area contributed by atoms with Crippen LogP contribution in [-0.4, -0.2) is 36.8 Å². The van der Waals surface area contributed by atoms with E-state index in [-0.39, 0.29) is 23.5 Å². The second kappa shape index (κ2) is 8.11. The Balaban J connectivity index is 2.35. The monoisotopic (exact) mass is 365 g/mol. The highest BCUT2D eigenvalue weighted by molar-refractivity contribution is 6.28. The molecule has 0 aliphatic carbocycles. The van der Waals surface area contributed by atoms with Crippen LogP contribution in [0.25, 0.3) is 0 Å². The minimum atomic E-state index is -0.404. The predicted molar refractivity (Wildman–Crippen MR) is 96.0 cm³/mol. The number of ether oxygens (including phenoxy) is 2. The van der Waals surface area contributed by atoms with Crippen LogP contribution in [0.5, 0.6) is 5.75 Å². The number of halogens is 1. The van der Waals surface area contributed by atoms with E-state index in [2.05, 4.69) is 15.3 Å². The van der Waals surface area contributed by atoms with E-state index in [4.69, 9.17) is 26.9 Å². The fraction of sp³-hybridized carbons (Fsp3) is 0.312. The number of methoxy groups -OCH3 is 1. The molecule has 0 saturated heterocycles. The Morgan fingerprint density at radius 3 is 2.76 bits per heavy atom. The van der Waals surface area contributed by atoms with Crippen LogP contribution in [0.1, 0.15) is 21.5 Å². The van der Waals surface area contributed by atoms with E-state index in [0.29, 0.717) is 11.4 Å². The summed E-state index contributed by atoms with van der Waals surface area (Å²) < 4.78 is 10.4. The third kappa shape index (κ3) is 4.36. The summed E-state index contributed by atoms with van der Waals surface area (Å²) in [5.74, 6) is 6.16. The van der Waals surface area contributed by atoms with Crippen molar-refractivity contribution in [3.05, 3.63) is 40.3 Å². The van der Waals surface area contributed by atoms with Crippen LogP contribution < -0.4 is 20.9 Å². The quantitative estimate of drug-likeness (QED) is 0.350. The average molecular weight is 366 g/mol. The van der Waals surface area contributed by atoms with Gasteiger partial charge in [0.25, 0.3) is 5.91 Å². The van der Waals surface area contributed by atoms with Crippen molar-refractivity contribution in [1.29, 1.82) is 0 Å². The van der Waals surface area contributed by atoms with Crippen LogP contribution in [-0.2, 0) is 4.74 Å². The number of nitrogens with two attached hydrogens (primary N) is 1. The Morgan fingerprint density at radius 2 is 2.12 bits per heavy atom. The number of hydrogen-bond donors (Lipinski definition) is 2. The van der Waals surface area contributed by atoms with Crippen molar-refractivity contribution in [2.45, 2.75) is 13.8 Å². The number of nitrogens with one attached hydrogen (secondary N) is 1. The maximum Gasteiger partial charge on any atom is 0.261 e. The summed E-state index contributed by atoms with van der Waals surface area (Å²) >= 11 is 5.78. The zero-order chi connectivity index (χ0) is 18.6. The number of aryl methyl sites for hydroxylation is 1. The Labute approximate surface area is 150 Å². The molecule has 0 unspecified atom stereocenters. The van der Waals surface area contributed by atoms with Crippen molar-refractivity contribution in [2.24, 2.45) is 5.84 Å². The van der Waals surface area contributed by atoms with Crippen LogP contribution in [0, 0.1) is 13.8 Å². The van der Waals surface area contributed by atoms with Gasteiger partial charge in [0.2, 0.25) is 5.28 Å². The minimum Gasteiger partial charge on any atom is -0.467 e. The van der Waals surface area contributed by atoms with E-state index in [0.717, 1.165) is 11.1 Å². The minimum absolute atomic E-state index is 0.00572. The Bertz CT molecular complexity index is 783. The van der Waals surface area contributed by atoms with Crippen molar-refractivity contribution < 1.29 is 14.3 Å². The number of anilines is 2.